The summed E-state index contributed by atoms with van der Waals surface area (Å²) in [4.78, 5) is 14.8. The van der Waals surface area contributed by atoms with E-state index in [0.29, 0.717) is 17.0 Å². The van der Waals surface area contributed by atoms with Gasteiger partial charge in [-0.25, -0.2) is 0 Å². The van der Waals surface area contributed by atoms with E-state index >= 15 is 0 Å². The summed E-state index contributed by atoms with van der Waals surface area (Å²) in [5.41, 5.74) is 2.50. The number of carbonyl (C=O) groups excluding carboxylic acids is 1. The molecule has 1 saturated heterocycles. The smallest absolute Gasteiger partial charge is 0.287 e. The molecule has 0 aliphatic carbocycles. The average Bonchev–Trinajstić information content (AvgIpc) is 3.04. The monoisotopic (exact) mass is 390 g/mol. The molecular weight excluding hydrogens is 368 g/mol. The Balaban J connectivity index is 1.71. The van der Waals surface area contributed by atoms with Crippen molar-refractivity contribution in [2.24, 2.45) is 0 Å². The molecule has 0 bridgehead atoms. The first-order valence-electron chi connectivity index (χ1n) is 8.47. The summed E-state index contributed by atoms with van der Waals surface area (Å²) in [7, 11) is 0. The number of halogens is 1. The van der Waals surface area contributed by atoms with Crippen molar-refractivity contribution in [2.75, 3.05) is 19.6 Å². The van der Waals surface area contributed by atoms with Gasteiger partial charge in [0.1, 0.15) is 0 Å². The lowest BCUT2D eigenvalue weighted by Gasteiger charge is -2.35. The van der Waals surface area contributed by atoms with Gasteiger partial charge < -0.3 is 9.73 Å². The van der Waals surface area contributed by atoms with Crippen LogP contribution < -0.4 is 5.32 Å². The third-order valence-electron chi connectivity index (χ3n) is 4.55. The molecule has 1 N–H and O–H groups in total. The van der Waals surface area contributed by atoms with Crippen LogP contribution in [0.15, 0.2) is 45.5 Å². The molecule has 1 aromatic heterocycles. The Morgan fingerprint density at radius 3 is 2.50 bits per heavy atom. The second-order valence-electron chi connectivity index (χ2n) is 6.34. The van der Waals surface area contributed by atoms with E-state index in [4.69, 9.17) is 4.42 Å². The normalized spacial score (nSPS) is 16.8. The fourth-order valence-electron chi connectivity index (χ4n) is 3.19. The molecule has 128 valence electrons. The number of furan rings is 1. The number of nitrogens with zero attached hydrogens (tertiary/aromatic N) is 1. The molecule has 24 heavy (non-hydrogen) atoms. The molecule has 0 radical (unpaired) electrons. The molecule has 1 aromatic carbocycles. The highest BCUT2D eigenvalue weighted by molar-refractivity contribution is 9.10. The van der Waals surface area contributed by atoms with Crippen LogP contribution in [0.2, 0.25) is 0 Å². The second-order valence-corrected chi connectivity index (χ2v) is 7.12. The predicted molar refractivity (Wildman–Crippen MR) is 98.1 cm³/mol. The van der Waals surface area contributed by atoms with E-state index in [9.17, 15) is 4.79 Å². The molecule has 1 aliphatic rings. The quantitative estimate of drug-likeness (QED) is 0.826. The minimum absolute atomic E-state index is 0.171. The number of hydrogen-bond acceptors (Lipinski definition) is 3. The Labute approximate surface area is 151 Å². The van der Waals surface area contributed by atoms with E-state index in [1.165, 1.54) is 30.4 Å². The maximum atomic E-state index is 12.3. The first-order valence-corrected chi connectivity index (χ1v) is 9.27. The number of hydrogen-bond donors (Lipinski definition) is 1. The number of piperidine rings is 1. The maximum Gasteiger partial charge on any atom is 0.287 e. The molecule has 2 aromatic rings. The Hall–Kier alpha value is -1.59. The number of carbonyl (C=O) groups is 1. The summed E-state index contributed by atoms with van der Waals surface area (Å²) in [5, 5.41) is 3.03. The van der Waals surface area contributed by atoms with Crippen LogP contribution in [0, 0.1) is 6.92 Å². The van der Waals surface area contributed by atoms with Gasteiger partial charge in [0, 0.05) is 6.54 Å². The van der Waals surface area contributed by atoms with E-state index in [2.05, 4.69) is 57.3 Å². The number of amides is 1. The van der Waals surface area contributed by atoms with E-state index < -0.39 is 0 Å². The van der Waals surface area contributed by atoms with E-state index in [0.717, 1.165) is 13.1 Å². The van der Waals surface area contributed by atoms with Crippen molar-refractivity contribution in [1.82, 2.24) is 10.2 Å². The number of rotatable bonds is 5. The van der Waals surface area contributed by atoms with Gasteiger partial charge in [0.25, 0.3) is 5.91 Å². The molecular formula is C19H23BrN2O2. The summed E-state index contributed by atoms with van der Waals surface area (Å²) >= 11 is 3.23. The maximum absolute atomic E-state index is 12.3. The average molecular weight is 391 g/mol. The van der Waals surface area contributed by atoms with E-state index in [1.54, 1.807) is 12.1 Å². The van der Waals surface area contributed by atoms with Crippen LogP contribution in [0.1, 0.15) is 47.0 Å². The Morgan fingerprint density at radius 1 is 1.17 bits per heavy atom. The summed E-state index contributed by atoms with van der Waals surface area (Å²) in [6, 6.07) is 12.2. The number of likely N-dealkylation sites (tertiary alicyclic amines) is 1. The van der Waals surface area contributed by atoms with Gasteiger partial charge in [-0.2, -0.15) is 0 Å². The van der Waals surface area contributed by atoms with Gasteiger partial charge in [0.2, 0.25) is 0 Å². The number of nitrogens with one attached hydrogen (secondary N) is 1. The minimum Gasteiger partial charge on any atom is -0.444 e. The standard InChI is InChI=1S/C19H23BrN2O2/c1-14-5-7-15(8-6-14)16(22-11-3-2-4-12-22)13-21-19(23)17-9-10-18(20)24-17/h5-10,16H,2-4,11-13H2,1H3,(H,21,23)/t16-/m1/s1. The van der Waals surface area contributed by atoms with Gasteiger partial charge in [-0.15, -0.1) is 0 Å². The molecule has 0 saturated carbocycles. The highest BCUT2D eigenvalue weighted by Gasteiger charge is 2.23. The third kappa shape index (κ3) is 4.28. The number of benzene rings is 1. The Kier molecular flexibility index (Phi) is 5.74. The molecule has 4 nitrogen and oxygen atoms in total. The van der Waals surface area contributed by atoms with Crippen LogP contribution in [-0.2, 0) is 0 Å². The van der Waals surface area contributed by atoms with Crippen LogP contribution in [-0.4, -0.2) is 30.4 Å². The SMILES string of the molecule is Cc1ccc([C@@H](CNC(=O)c2ccc(Br)o2)N2CCCCC2)cc1. The van der Waals surface area contributed by atoms with Crippen LogP contribution in [0.5, 0.6) is 0 Å². The highest BCUT2D eigenvalue weighted by Crippen LogP contribution is 2.25. The topological polar surface area (TPSA) is 45.5 Å². The second kappa shape index (κ2) is 7.99. The van der Waals surface area contributed by atoms with Crippen LogP contribution in [0.3, 0.4) is 0 Å². The lowest BCUT2D eigenvalue weighted by molar-refractivity contribution is 0.0896. The summed E-state index contributed by atoms with van der Waals surface area (Å²) in [6.07, 6.45) is 3.74. The largest absolute Gasteiger partial charge is 0.444 e. The van der Waals surface area contributed by atoms with Gasteiger partial charge in [-0.3, -0.25) is 9.69 Å². The van der Waals surface area contributed by atoms with Crippen molar-refractivity contribution < 1.29 is 9.21 Å². The Morgan fingerprint density at radius 2 is 1.88 bits per heavy atom. The van der Waals surface area contributed by atoms with Gasteiger partial charge in [-0.1, -0.05) is 36.2 Å². The van der Waals surface area contributed by atoms with Crippen LogP contribution >= 0.6 is 15.9 Å². The summed E-state index contributed by atoms with van der Waals surface area (Å²) < 4.78 is 5.90. The lowest BCUT2D eigenvalue weighted by Crippen LogP contribution is -2.40. The van der Waals surface area contributed by atoms with Crippen LogP contribution in [0.4, 0.5) is 0 Å². The summed E-state index contributed by atoms with van der Waals surface area (Å²) in [5.74, 6) is 0.165. The zero-order valence-electron chi connectivity index (χ0n) is 13.9. The molecule has 1 aliphatic heterocycles. The summed E-state index contributed by atoms with van der Waals surface area (Å²) in [6.45, 7) is 4.85. The van der Waals surface area contributed by atoms with Crippen molar-refractivity contribution in [2.45, 2.75) is 32.2 Å². The molecule has 0 unspecified atom stereocenters. The van der Waals surface area contributed by atoms with Gasteiger partial charge in [-0.05, 0) is 66.5 Å². The van der Waals surface area contributed by atoms with E-state index in [1.807, 2.05) is 0 Å². The zero-order chi connectivity index (χ0) is 16.9. The Bertz CT molecular complexity index is 675. The van der Waals surface area contributed by atoms with E-state index in [-0.39, 0.29) is 11.9 Å². The fourth-order valence-corrected chi connectivity index (χ4v) is 3.50. The van der Waals surface area contributed by atoms with Crippen LogP contribution in [0.25, 0.3) is 0 Å². The van der Waals surface area contributed by atoms with Crippen molar-refractivity contribution in [1.29, 1.82) is 0 Å². The first kappa shape index (κ1) is 17.2. The molecule has 1 atom stereocenters. The molecule has 1 amide bonds. The third-order valence-corrected chi connectivity index (χ3v) is 4.97. The fraction of sp³-hybridized carbons (Fsp3) is 0.421. The molecule has 5 heteroatoms. The highest BCUT2D eigenvalue weighted by atomic mass is 79.9. The first-order chi connectivity index (χ1) is 11.6. The molecule has 0 spiro atoms. The van der Waals surface area contributed by atoms with Gasteiger partial charge in [0.15, 0.2) is 10.4 Å². The molecule has 3 rings (SSSR count). The van der Waals surface area contributed by atoms with Crippen molar-refractivity contribution >= 4 is 21.8 Å². The minimum atomic E-state index is -0.171. The van der Waals surface area contributed by atoms with Gasteiger partial charge >= 0.3 is 0 Å². The molecule has 1 fully saturated rings. The molecule has 2 heterocycles. The van der Waals surface area contributed by atoms with Crippen molar-refractivity contribution in [3.63, 3.8) is 0 Å². The van der Waals surface area contributed by atoms with Crippen molar-refractivity contribution in [3.8, 4) is 0 Å². The zero-order valence-corrected chi connectivity index (χ0v) is 15.5. The van der Waals surface area contributed by atoms with Gasteiger partial charge in [0.05, 0.1) is 6.04 Å². The number of aryl methyl sites for hydroxylation is 1. The van der Waals surface area contributed by atoms with Crippen molar-refractivity contribution in [3.05, 3.63) is 58.0 Å². The lowest BCUT2D eigenvalue weighted by atomic mass is 10.0. The predicted octanol–water partition coefficient (Wildman–Crippen LogP) is 4.31.